The second kappa shape index (κ2) is 7.97. The van der Waals surface area contributed by atoms with Gasteiger partial charge in [0.1, 0.15) is 13.7 Å². The zero-order chi connectivity index (χ0) is 17.6. The van der Waals surface area contributed by atoms with Crippen LogP contribution < -0.4 is 0 Å². The van der Waals surface area contributed by atoms with E-state index in [4.69, 9.17) is 9.68 Å². The Kier molecular flexibility index (Phi) is 5.49. The lowest BCUT2D eigenvalue weighted by Crippen LogP contribution is -2.12. The van der Waals surface area contributed by atoms with Crippen LogP contribution in [-0.2, 0) is 22.7 Å². The molecule has 1 aliphatic carbocycles. The zero-order valence-electron chi connectivity index (χ0n) is 15.1. The second-order valence-electron chi connectivity index (χ2n) is 6.28. The molecule has 0 saturated carbocycles. The third-order valence-corrected chi connectivity index (χ3v) is 4.60. The highest BCUT2D eigenvalue weighted by Gasteiger charge is 2.15. The number of rotatable bonds is 5. The highest BCUT2D eigenvalue weighted by Crippen LogP contribution is 2.22. The summed E-state index contributed by atoms with van der Waals surface area (Å²) < 4.78 is 0. The summed E-state index contributed by atoms with van der Waals surface area (Å²) >= 11 is 0. The van der Waals surface area contributed by atoms with Crippen LogP contribution in [0.3, 0.4) is 0 Å². The van der Waals surface area contributed by atoms with Crippen LogP contribution in [0.25, 0.3) is 0 Å². The van der Waals surface area contributed by atoms with Crippen LogP contribution >= 0.6 is 0 Å². The van der Waals surface area contributed by atoms with Gasteiger partial charge in [-0.1, -0.05) is 52.8 Å². The summed E-state index contributed by atoms with van der Waals surface area (Å²) in [5.74, 6) is 0. The molecule has 0 unspecified atom stereocenters. The molecule has 0 aliphatic heterocycles. The molecule has 130 valence electrons. The van der Waals surface area contributed by atoms with Gasteiger partial charge in [0.2, 0.25) is 0 Å². The molecular weight excluding hydrogens is 312 g/mol. The van der Waals surface area contributed by atoms with Gasteiger partial charge in [-0.05, 0) is 44.2 Å². The number of fused-ring (bicyclic) bond motifs is 1. The Bertz CT molecular complexity index is 809. The Labute approximate surface area is 149 Å². The Balaban J connectivity index is 1.80. The lowest BCUT2D eigenvalue weighted by atomic mass is 9.90. The van der Waals surface area contributed by atoms with Crippen molar-refractivity contribution in [3.8, 4) is 0 Å². The second-order valence-corrected chi connectivity index (χ2v) is 6.28. The van der Waals surface area contributed by atoms with E-state index in [1.807, 2.05) is 19.1 Å². The van der Waals surface area contributed by atoms with E-state index >= 15 is 0 Å². The maximum Gasteiger partial charge on any atom is 0.143 e. The van der Waals surface area contributed by atoms with E-state index in [9.17, 15) is 0 Å². The van der Waals surface area contributed by atoms with E-state index in [1.54, 1.807) is 7.11 Å². The Morgan fingerprint density at radius 1 is 1.08 bits per heavy atom. The summed E-state index contributed by atoms with van der Waals surface area (Å²) in [5.41, 5.74) is 7.74. The molecule has 0 saturated heterocycles. The van der Waals surface area contributed by atoms with Gasteiger partial charge < -0.3 is 9.68 Å². The minimum atomic E-state index is 0.421. The predicted molar refractivity (Wildman–Crippen MR) is 101 cm³/mol. The van der Waals surface area contributed by atoms with E-state index in [2.05, 4.69) is 47.6 Å². The summed E-state index contributed by atoms with van der Waals surface area (Å²) in [4.78, 5) is 10.7. The Morgan fingerprint density at radius 2 is 1.92 bits per heavy atom. The van der Waals surface area contributed by atoms with Gasteiger partial charge in [-0.15, -0.1) is 0 Å². The number of benzene rings is 2. The maximum absolute atomic E-state index is 5.76. The fourth-order valence-electron chi connectivity index (χ4n) is 3.29. The fourth-order valence-corrected chi connectivity index (χ4v) is 3.29. The summed E-state index contributed by atoms with van der Waals surface area (Å²) in [6, 6.07) is 14.6. The van der Waals surface area contributed by atoms with Crippen LogP contribution in [0.2, 0.25) is 0 Å². The molecular formula is C21H24N2O2. The molecule has 0 amide bonds. The Hall–Kier alpha value is -2.62. The van der Waals surface area contributed by atoms with Gasteiger partial charge in [-0.25, -0.2) is 0 Å². The van der Waals surface area contributed by atoms with Crippen molar-refractivity contribution in [2.24, 2.45) is 10.3 Å². The van der Waals surface area contributed by atoms with E-state index in [0.29, 0.717) is 6.61 Å². The fraction of sp³-hybridized carbons (Fsp3) is 0.333. The van der Waals surface area contributed by atoms with E-state index in [0.717, 1.165) is 47.4 Å². The molecule has 1 aliphatic rings. The average Bonchev–Trinajstić information content (AvgIpc) is 2.63. The minimum absolute atomic E-state index is 0.421. The lowest BCUT2D eigenvalue weighted by Gasteiger charge is -2.17. The molecule has 4 heteroatoms. The van der Waals surface area contributed by atoms with Crippen LogP contribution in [0.4, 0.5) is 0 Å². The Morgan fingerprint density at radius 3 is 2.76 bits per heavy atom. The number of hydrogen-bond donors (Lipinski definition) is 0. The molecule has 0 radical (unpaired) electrons. The van der Waals surface area contributed by atoms with E-state index in [1.165, 1.54) is 11.1 Å². The molecule has 2 aromatic carbocycles. The molecule has 4 nitrogen and oxygen atoms in total. The highest BCUT2D eigenvalue weighted by atomic mass is 16.6. The van der Waals surface area contributed by atoms with Crippen molar-refractivity contribution in [2.75, 3.05) is 7.11 Å². The first-order valence-electron chi connectivity index (χ1n) is 8.64. The van der Waals surface area contributed by atoms with Crippen molar-refractivity contribution >= 4 is 11.4 Å². The molecule has 0 aromatic heterocycles. The highest BCUT2D eigenvalue weighted by molar-refractivity contribution is 6.02. The third kappa shape index (κ3) is 3.90. The first-order chi connectivity index (χ1) is 12.2. The van der Waals surface area contributed by atoms with Crippen LogP contribution in [0, 0.1) is 6.92 Å². The van der Waals surface area contributed by atoms with E-state index in [-0.39, 0.29) is 0 Å². The first-order valence-corrected chi connectivity index (χ1v) is 8.64. The summed E-state index contributed by atoms with van der Waals surface area (Å²) in [5, 5.41) is 8.50. The molecule has 0 fully saturated rings. The molecule has 3 rings (SSSR count). The van der Waals surface area contributed by atoms with Gasteiger partial charge >= 0.3 is 0 Å². The van der Waals surface area contributed by atoms with Crippen LogP contribution in [0.15, 0.2) is 52.8 Å². The zero-order valence-corrected chi connectivity index (χ0v) is 15.1. The molecule has 25 heavy (non-hydrogen) atoms. The van der Waals surface area contributed by atoms with Crippen molar-refractivity contribution < 1.29 is 9.68 Å². The predicted octanol–water partition coefficient (Wildman–Crippen LogP) is 4.62. The molecule has 0 spiro atoms. The average molecular weight is 336 g/mol. The van der Waals surface area contributed by atoms with Crippen molar-refractivity contribution in [2.45, 2.75) is 39.7 Å². The monoisotopic (exact) mass is 336 g/mol. The summed E-state index contributed by atoms with van der Waals surface area (Å²) in [6.45, 7) is 4.43. The van der Waals surface area contributed by atoms with Crippen LogP contribution in [0.5, 0.6) is 0 Å². The van der Waals surface area contributed by atoms with Gasteiger partial charge in [0.15, 0.2) is 0 Å². The lowest BCUT2D eigenvalue weighted by molar-refractivity contribution is 0.129. The normalized spacial score (nSPS) is 15.8. The van der Waals surface area contributed by atoms with Gasteiger partial charge in [-0.2, -0.15) is 0 Å². The topological polar surface area (TPSA) is 43.2 Å². The smallest absolute Gasteiger partial charge is 0.143 e. The third-order valence-electron chi connectivity index (χ3n) is 4.60. The van der Waals surface area contributed by atoms with Gasteiger partial charge in [-0.3, -0.25) is 0 Å². The van der Waals surface area contributed by atoms with Gasteiger partial charge in [0.25, 0.3) is 0 Å². The van der Waals surface area contributed by atoms with Crippen molar-refractivity contribution in [3.05, 3.63) is 70.3 Å². The minimum Gasteiger partial charge on any atom is -0.399 e. The van der Waals surface area contributed by atoms with E-state index < -0.39 is 0 Å². The van der Waals surface area contributed by atoms with Crippen molar-refractivity contribution in [3.63, 3.8) is 0 Å². The van der Waals surface area contributed by atoms with Crippen LogP contribution in [0.1, 0.15) is 47.6 Å². The van der Waals surface area contributed by atoms with Crippen LogP contribution in [-0.4, -0.2) is 18.5 Å². The standard InChI is InChI=1S/C21H24N2O2/c1-15-8-6-12-18(16(2)22-24-3)20(15)14-25-23-21-13-7-10-17-9-4-5-11-19(17)21/h4-6,8-9,11-12H,7,10,13-14H2,1-3H3/b22-16-,23-21+. The molecule has 0 N–H and O–H groups in total. The molecule has 0 bridgehead atoms. The summed E-state index contributed by atoms with van der Waals surface area (Å²) in [6.07, 6.45) is 3.19. The quantitative estimate of drug-likeness (QED) is 0.590. The van der Waals surface area contributed by atoms with Crippen molar-refractivity contribution in [1.29, 1.82) is 0 Å². The number of nitrogens with zero attached hydrogens (tertiary/aromatic N) is 2. The summed E-state index contributed by atoms with van der Waals surface area (Å²) in [7, 11) is 1.56. The molecule has 2 aromatic rings. The number of oxime groups is 2. The number of hydrogen-bond acceptors (Lipinski definition) is 4. The first kappa shape index (κ1) is 17.2. The van der Waals surface area contributed by atoms with Crippen molar-refractivity contribution in [1.82, 2.24) is 0 Å². The number of aryl methyl sites for hydroxylation is 2. The van der Waals surface area contributed by atoms with Gasteiger partial charge in [0, 0.05) is 16.7 Å². The largest absolute Gasteiger partial charge is 0.399 e. The van der Waals surface area contributed by atoms with Gasteiger partial charge in [0.05, 0.1) is 11.4 Å². The molecule has 0 atom stereocenters. The SMILES string of the molecule is CO/N=C(/C)c1cccc(C)c1CO/N=C1\CCCc2ccccc21. The maximum atomic E-state index is 5.76. The molecule has 0 heterocycles.